The first-order valence-electron chi connectivity index (χ1n) is 9.42. The molecular formula is C20H29F3N2O5. The van der Waals surface area contributed by atoms with E-state index in [1.165, 1.54) is 0 Å². The minimum Gasteiger partial charge on any atom is -0.445 e. The highest BCUT2D eigenvalue weighted by molar-refractivity contribution is 5.81. The van der Waals surface area contributed by atoms with Crippen LogP contribution in [0.1, 0.15) is 33.3 Å². The van der Waals surface area contributed by atoms with E-state index in [0.717, 1.165) is 5.56 Å². The zero-order valence-corrected chi connectivity index (χ0v) is 17.6. The standard InChI is InChI=1S/C20H29F3N2O5/c1-18(2,3)19(4,29-12-10-24-16(26)20(21,22)23)30-13-11-25-17(27)28-14-15-8-6-5-7-9-15/h5-9H,10-14H2,1-4H3,(H,24,26)(H,25,27)/t19-/m0/s1. The summed E-state index contributed by atoms with van der Waals surface area (Å²) in [7, 11) is 0. The highest BCUT2D eigenvalue weighted by Gasteiger charge is 2.41. The summed E-state index contributed by atoms with van der Waals surface area (Å²) in [6.45, 7) is 7.02. The average Bonchev–Trinajstić information content (AvgIpc) is 2.66. The molecule has 10 heteroatoms. The second-order valence-corrected chi connectivity index (χ2v) is 7.63. The molecule has 0 aliphatic rings. The smallest absolute Gasteiger partial charge is 0.445 e. The predicted molar refractivity (Wildman–Crippen MR) is 103 cm³/mol. The fourth-order valence-corrected chi connectivity index (χ4v) is 2.16. The van der Waals surface area contributed by atoms with Crippen LogP contribution in [0, 0.1) is 5.41 Å². The Kier molecular flexibility index (Phi) is 9.57. The van der Waals surface area contributed by atoms with Gasteiger partial charge in [-0.15, -0.1) is 0 Å². The van der Waals surface area contributed by atoms with Crippen LogP contribution in [0.5, 0.6) is 0 Å². The molecule has 0 heterocycles. The molecule has 1 atom stereocenters. The van der Waals surface area contributed by atoms with Crippen molar-refractivity contribution < 1.29 is 37.0 Å². The van der Waals surface area contributed by atoms with Crippen LogP contribution >= 0.6 is 0 Å². The molecule has 7 nitrogen and oxygen atoms in total. The van der Waals surface area contributed by atoms with Gasteiger partial charge in [0.05, 0.1) is 13.2 Å². The summed E-state index contributed by atoms with van der Waals surface area (Å²) < 4.78 is 53.1. The van der Waals surface area contributed by atoms with Crippen molar-refractivity contribution in [3.05, 3.63) is 35.9 Å². The number of alkyl halides is 3. The number of ether oxygens (including phenoxy) is 3. The Morgan fingerprint density at radius 2 is 1.43 bits per heavy atom. The highest BCUT2D eigenvalue weighted by atomic mass is 19.4. The second-order valence-electron chi connectivity index (χ2n) is 7.63. The molecule has 0 fully saturated rings. The number of benzene rings is 1. The monoisotopic (exact) mass is 434 g/mol. The molecule has 0 radical (unpaired) electrons. The van der Waals surface area contributed by atoms with Gasteiger partial charge in [0.15, 0.2) is 5.79 Å². The molecule has 1 aromatic rings. The number of alkyl carbamates (subject to hydrolysis) is 1. The van der Waals surface area contributed by atoms with E-state index in [0.29, 0.717) is 0 Å². The lowest BCUT2D eigenvalue weighted by Gasteiger charge is -2.41. The van der Waals surface area contributed by atoms with Crippen LogP contribution in [-0.4, -0.2) is 50.3 Å². The summed E-state index contributed by atoms with van der Waals surface area (Å²) >= 11 is 0. The summed E-state index contributed by atoms with van der Waals surface area (Å²) in [6, 6.07) is 9.21. The Morgan fingerprint density at radius 1 is 0.900 bits per heavy atom. The van der Waals surface area contributed by atoms with E-state index in [-0.39, 0.29) is 32.9 Å². The molecule has 0 unspecified atom stereocenters. The molecule has 0 bridgehead atoms. The number of amides is 2. The SMILES string of the molecule is CC(C)(C)[C@](C)(OCCNC(=O)OCc1ccccc1)OCCNC(=O)C(F)(F)F. The molecule has 0 spiro atoms. The maximum Gasteiger partial charge on any atom is 0.471 e. The predicted octanol–water partition coefficient (Wildman–Crippen LogP) is 3.39. The van der Waals surface area contributed by atoms with Gasteiger partial charge < -0.3 is 24.8 Å². The van der Waals surface area contributed by atoms with Crippen LogP contribution < -0.4 is 10.6 Å². The minimum atomic E-state index is -4.94. The Hall–Kier alpha value is -2.33. The molecule has 0 saturated carbocycles. The van der Waals surface area contributed by atoms with Gasteiger partial charge in [-0.1, -0.05) is 51.1 Å². The zero-order chi connectivity index (χ0) is 22.8. The lowest BCUT2D eigenvalue weighted by atomic mass is 9.86. The third kappa shape index (κ3) is 9.00. The number of hydrogen-bond acceptors (Lipinski definition) is 5. The van der Waals surface area contributed by atoms with Crippen LogP contribution in [0.25, 0.3) is 0 Å². The summed E-state index contributed by atoms with van der Waals surface area (Å²) in [4.78, 5) is 22.6. The van der Waals surface area contributed by atoms with E-state index in [1.54, 1.807) is 12.2 Å². The molecule has 2 N–H and O–H groups in total. The van der Waals surface area contributed by atoms with Crippen molar-refractivity contribution in [2.75, 3.05) is 26.3 Å². The van der Waals surface area contributed by atoms with E-state index in [4.69, 9.17) is 14.2 Å². The van der Waals surface area contributed by atoms with Gasteiger partial charge in [0.2, 0.25) is 0 Å². The van der Waals surface area contributed by atoms with Crippen LogP contribution in [-0.2, 0) is 25.6 Å². The normalized spacial score (nSPS) is 14.0. The first kappa shape index (κ1) is 25.7. The number of carbonyl (C=O) groups is 2. The molecule has 0 aromatic heterocycles. The Morgan fingerprint density at radius 3 is 1.93 bits per heavy atom. The quantitative estimate of drug-likeness (QED) is 0.436. The largest absolute Gasteiger partial charge is 0.471 e. The maximum absolute atomic E-state index is 12.2. The van der Waals surface area contributed by atoms with E-state index in [2.05, 4.69) is 5.32 Å². The zero-order valence-electron chi connectivity index (χ0n) is 17.6. The first-order valence-corrected chi connectivity index (χ1v) is 9.42. The number of rotatable bonds is 10. The number of hydrogen-bond donors (Lipinski definition) is 2. The van der Waals surface area contributed by atoms with E-state index < -0.39 is 29.4 Å². The van der Waals surface area contributed by atoms with Gasteiger partial charge in [-0.2, -0.15) is 13.2 Å². The summed E-state index contributed by atoms with van der Waals surface area (Å²) in [5.74, 6) is -3.19. The van der Waals surface area contributed by atoms with Crippen molar-refractivity contribution in [1.82, 2.24) is 10.6 Å². The van der Waals surface area contributed by atoms with Crippen molar-refractivity contribution in [3.63, 3.8) is 0 Å². The molecule has 170 valence electrons. The second kappa shape index (κ2) is 11.2. The fraction of sp³-hybridized carbons (Fsp3) is 0.600. The van der Waals surface area contributed by atoms with E-state index in [1.807, 2.05) is 51.1 Å². The summed E-state index contributed by atoms with van der Waals surface area (Å²) in [6.07, 6.45) is -5.54. The Labute approximate surface area is 174 Å². The fourth-order valence-electron chi connectivity index (χ4n) is 2.16. The number of nitrogens with one attached hydrogen (secondary N) is 2. The molecule has 2 amide bonds. The van der Waals surface area contributed by atoms with Crippen molar-refractivity contribution in [2.45, 2.75) is 46.3 Å². The van der Waals surface area contributed by atoms with E-state index >= 15 is 0 Å². The average molecular weight is 434 g/mol. The van der Waals surface area contributed by atoms with Gasteiger partial charge in [-0.3, -0.25) is 4.79 Å². The Balaban J connectivity index is 2.37. The van der Waals surface area contributed by atoms with Gasteiger partial charge in [-0.05, 0) is 12.5 Å². The van der Waals surface area contributed by atoms with Gasteiger partial charge in [0.25, 0.3) is 0 Å². The van der Waals surface area contributed by atoms with Crippen molar-refractivity contribution in [2.24, 2.45) is 5.41 Å². The lowest BCUT2D eigenvalue weighted by Crippen LogP contribution is -2.48. The van der Waals surface area contributed by atoms with Gasteiger partial charge in [0.1, 0.15) is 6.61 Å². The number of halogens is 3. The minimum absolute atomic E-state index is 0.0864. The third-order valence-corrected chi connectivity index (χ3v) is 4.35. The van der Waals surface area contributed by atoms with Gasteiger partial charge in [0, 0.05) is 18.5 Å². The molecule has 0 aliphatic heterocycles. The van der Waals surface area contributed by atoms with Crippen molar-refractivity contribution >= 4 is 12.0 Å². The molecule has 1 aromatic carbocycles. The van der Waals surface area contributed by atoms with Crippen LogP contribution in [0.2, 0.25) is 0 Å². The van der Waals surface area contributed by atoms with Gasteiger partial charge in [-0.25, -0.2) is 4.79 Å². The van der Waals surface area contributed by atoms with Crippen molar-refractivity contribution in [3.8, 4) is 0 Å². The molecule has 1 rings (SSSR count). The maximum atomic E-state index is 12.2. The Bertz CT molecular complexity index is 677. The van der Waals surface area contributed by atoms with Crippen LogP contribution in [0.4, 0.5) is 18.0 Å². The highest BCUT2D eigenvalue weighted by Crippen LogP contribution is 2.34. The van der Waals surface area contributed by atoms with Crippen molar-refractivity contribution in [1.29, 1.82) is 0 Å². The summed E-state index contributed by atoms with van der Waals surface area (Å²) in [5.41, 5.74) is 0.324. The van der Waals surface area contributed by atoms with Crippen LogP contribution in [0.15, 0.2) is 30.3 Å². The van der Waals surface area contributed by atoms with Gasteiger partial charge >= 0.3 is 18.2 Å². The van der Waals surface area contributed by atoms with Crippen LogP contribution in [0.3, 0.4) is 0 Å². The molecule has 0 saturated heterocycles. The topological polar surface area (TPSA) is 85.9 Å². The molecular weight excluding hydrogens is 405 g/mol. The number of carbonyl (C=O) groups excluding carboxylic acids is 2. The summed E-state index contributed by atoms with van der Waals surface area (Å²) in [5, 5.41) is 4.29. The third-order valence-electron chi connectivity index (χ3n) is 4.35. The molecule has 30 heavy (non-hydrogen) atoms. The lowest BCUT2D eigenvalue weighted by molar-refractivity contribution is -0.276. The first-order chi connectivity index (χ1) is 13.8. The van der Waals surface area contributed by atoms with E-state index in [9.17, 15) is 22.8 Å². The molecule has 0 aliphatic carbocycles.